The first-order valence-corrected chi connectivity index (χ1v) is 6.42. The number of nitrogens with one attached hydrogen (secondary N) is 2. The molecule has 1 saturated carbocycles. The molecule has 2 heterocycles. The number of hydrogen-bond acceptors (Lipinski definition) is 3. The molecule has 2 saturated heterocycles. The van der Waals surface area contributed by atoms with Crippen LogP contribution in [0.15, 0.2) is 0 Å². The molecule has 0 aromatic carbocycles. The summed E-state index contributed by atoms with van der Waals surface area (Å²) in [7, 11) is 0. The highest BCUT2D eigenvalue weighted by molar-refractivity contribution is 5.87. The Hall–Kier alpha value is -0.610. The summed E-state index contributed by atoms with van der Waals surface area (Å²) in [4.78, 5) is 12.0. The Morgan fingerprint density at radius 3 is 2.50 bits per heavy atom. The van der Waals surface area contributed by atoms with Crippen LogP contribution in [0.3, 0.4) is 0 Å². The van der Waals surface area contributed by atoms with Crippen LogP contribution in [0.5, 0.6) is 0 Å². The molecular weight excluding hydrogens is 204 g/mol. The zero-order valence-electron chi connectivity index (χ0n) is 9.68. The molecule has 3 fully saturated rings. The summed E-state index contributed by atoms with van der Waals surface area (Å²) in [6.45, 7) is 2.58. The van der Waals surface area contributed by atoms with Gasteiger partial charge in [0.2, 0.25) is 5.91 Å². The second-order valence-corrected chi connectivity index (χ2v) is 5.40. The summed E-state index contributed by atoms with van der Waals surface area (Å²) in [5.41, 5.74) is -0.167. The quantitative estimate of drug-likeness (QED) is 0.632. The summed E-state index contributed by atoms with van der Waals surface area (Å²) in [5, 5.41) is 6.40. The van der Waals surface area contributed by atoms with Crippen LogP contribution in [0, 0.1) is 0 Å². The Morgan fingerprint density at radius 2 is 1.88 bits per heavy atom. The summed E-state index contributed by atoms with van der Waals surface area (Å²) < 4.78 is 5.89. The molecule has 0 aromatic heterocycles. The lowest BCUT2D eigenvalue weighted by atomic mass is 9.72. The van der Waals surface area contributed by atoms with E-state index >= 15 is 0 Å². The predicted octanol–water partition coefficient (Wildman–Crippen LogP) is 0.568. The number of ether oxygens (including phenoxy) is 1. The number of hydrogen-bond donors (Lipinski definition) is 2. The Bertz CT molecular complexity index is 287. The lowest BCUT2D eigenvalue weighted by Gasteiger charge is -2.45. The van der Waals surface area contributed by atoms with Crippen LogP contribution in [0.1, 0.15) is 38.5 Å². The van der Waals surface area contributed by atoms with Gasteiger partial charge in [-0.05, 0) is 38.5 Å². The molecule has 0 bridgehead atoms. The molecule has 0 unspecified atom stereocenters. The van der Waals surface area contributed by atoms with Crippen LogP contribution in [-0.4, -0.2) is 36.7 Å². The normalized spacial score (nSPS) is 43.9. The molecule has 2 N–H and O–H groups in total. The molecule has 90 valence electrons. The summed E-state index contributed by atoms with van der Waals surface area (Å²) in [5.74, 6) is 0.201. The molecule has 3 aliphatic rings. The average molecular weight is 224 g/mol. The minimum Gasteiger partial charge on any atom is -0.375 e. The second-order valence-electron chi connectivity index (χ2n) is 5.40. The van der Waals surface area contributed by atoms with Crippen LogP contribution in [0.2, 0.25) is 0 Å². The van der Waals surface area contributed by atoms with Crippen molar-refractivity contribution in [3.05, 3.63) is 0 Å². The number of carbonyl (C=O) groups is 1. The molecule has 2 spiro atoms. The van der Waals surface area contributed by atoms with E-state index in [1.807, 2.05) is 0 Å². The van der Waals surface area contributed by atoms with Crippen LogP contribution >= 0.6 is 0 Å². The van der Waals surface area contributed by atoms with E-state index in [2.05, 4.69) is 10.6 Å². The molecule has 0 aromatic rings. The van der Waals surface area contributed by atoms with Crippen molar-refractivity contribution in [3.8, 4) is 0 Å². The fraction of sp³-hybridized carbons (Fsp3) is 0.917. The van der Waals surface area contributed by atoms with Gasteiger partial charge in [-0.2, -0.15) is 0 Å². The van der Waals surface area contributed by atoms with E-state index in [1.165, 1.54) is 12.8 Å². The molecule has 0 radical (unpaired) electrons. The van der Waals surface area contributed by atoms with Gasteiger partial charge in [0.25, 0.3) is 0 Å². The number of carbonyl (C=O) groups excluding carboxylic acids is 1. The molecular formula is C12H20N2O2. The lowest BCUT2D eigenvalue weighted by Crippen LogP contribution is -2.65. The monoisotopic (exact) mass is 224 g/mol. The molecule has 0 atom stereocenters. The van der Waals surface area contributed by atoms with Crippen LogP contribution < -0.4 is 10.6 Å². The van der Waals surface area contributed by atoms with Crippen molar-refractivity contribution < 1.29 is 9.53 Å². The zero-order valence-corrected chi connectivity index (χ0v) is 9.68. The summed E-state index contributed by atoms with van der Waals surface area (Å²) in [6, 6.07) is 0. The van der Waals surface area contributed by atoms with E-state index in [-0.39, 0.29) is 17.0 Å². The molecule has 2 aliphatic heterocycles. The Morgan fingerprint density at radius 1 is 1.06 bits per heavy atom. The largest absolute Gasteiger partial charge is 0.375 e. The van der Waals surface area contributed by atoms with Crippen molar-refractivity contribution >= 4 is 5.91 Å². The lowest BCUT2D eigenvalue weighted by molar-refractivity contribution is -0.134. The van der Waals surface area contributed by atoms with Crippen LogP contribution in [0.4, 0.5) is 0 Å². The van der Waals surface area contributed by atoms with Crippen molar-refractivity contribution in [2.75, 3.05) is 19.7 Å². The van der Waals surface area contributed by atoms with Gasteiger partial charge in [0, 0.05) is 19.7 Å². The zero-order chi connectivity index (χ0) is 11.1. The maximum Gasteiger partial charge on any atom is 0.240 e. The molecule has 16 heavy (non-hydrogen) atoms. The van der Waals surface area contributed by atoms with Crippen molar-refractivity contribution in [2.24, 2.45) is 0 Å². The highest BCUT2D eigenvalue weighted by Gasteiger charge is 2.49. The van der Waals surface area contributed by atoms with Gasteiger partial charge in [0.15, 0.2) is 0 Å². The fourth-order valence-corrected chi connectivity index (χ4v) is 3.41. The average Bonchev–Trinajstić information content (AvgIpc) is 2.76. The standard InChI is InChI=1S/C12H20N2O2/c15-10-12(14-8-7-13-10)5-3-11(4-6-12)2-1-9-16-11/h14H,1-9H2,(H,13,15). The molecule has 4 heteroatoms. The Balaban J connectivity index is 1.70. The topological polar surface area (TPSA) is 50.4 Å². The van der Waals surface area contributed by atoms with Gasteiger partial charge in [-0.3, -0.25) is 4.79 Å². The van der Waals surface area contributed by atoms with E-state index < -0.39 is 0 Å². The summed E-state index contributed by atoms with van der Waals surface area (Å²) in [6.07, 6.45) is 6.30. The highest BCUT2D eigenvalue weighted by Crippen LogP contribution is 2.43. The number of piperazine rings is 1. The van der Waals surface area contributed by atoms with Gasteiger partial charge < -0.3 is 15.4 Å². The van der Waals surface area contributed by atoms with Crippen LogP contribution in [0.25, 0.3) is 0 Å². The number of rotatable bonds is 0. The number of amides is 1. The fourth-order valence-electron chi connectivity index (χ4n) is 3.41. The van der Waals surface area contributed by atoms with Gasteiger partial charge in [-0.25, -0.2) is 0 Å². The smallest absolute Gasteiger partial charge is 0.240 e. The third kappa shape index (κ3) is 1.55. The van der Waals surface area contributed by atoms with Crippen molar-refractivity contribution in [1.82, 2.24) is 10.6 Å². The van der Waals surface area contributed by atoms with Crippen LogP contribution in [-0.2, 0) is 9.53 Å². The third-order valence-electron chi connectivity index (χ3n) is 4.51. The Kier molecular flexibility index (Phi) is 2.44. The predicted molar refractivity (Wildman–Crippen MR) is 60.1 cm³/mol. The third-order valence-corrected chi connectivity index (χ3v) is 4.51. The second kappa shape index (κ2) is 3.70. The van der Waals surface area contributed by atoms with E-state index in [9.17, 15) is 4.79 Å². The van der Waals surface area contributed by atoms with Crippen molar-refractivity contribution in [3.63, 3.8) is 0 Å². The van der Waals surface area contributed by atoms with Crippen molar-refractivity contribution in [1.29, 1.82) is 0 Å². The van der Waals surface area contributed by atoms with Gasteiger partial charge in [0.1, 0.15) is 0 Å². The first-order valence-electron chi connectivity index (χ1n) is 6.42. The molecule has 3 rings (SSSR count). The highest BCUT2D eigenvalue weighted by atomic mass is 16.5. The maximum absolute atomic E-state index is 12.0. The minimum absolute atomic E-state index is 0.116. The van der Waals surface area contributed by atoms with Crippen molar-refractivity contribution in [2.45, 2.75) is 49.7 Å². The van der Waals surface area contributed by atoms with E-state index in [1.54, 1.807) is 0 Å². The first-order chi connectivity index (χ1) is 7.75. The van der Waals surface area contributed by atoms with E-state index in [0.717, 1.165) is 45.4 Å². The van der Waals surface area contributed by atoms with Gasteiger partial charge in [0.05, 0.1) is 11.1 Å². The maximum atomic E-state index is 12.0. The molecule has 4 nitrogen and oxygen atoms in total. The van der Waals surface area contributed by atoms with Gasteiger partial charge in [-0.1, -0.05) is 0 Å². The molecule has 1 amide bonds. The summed E-state index contributed by atoms with van der Waals surface area (Å²) >= 11 is 0. The molecule has 1 aliphatic carbocycles. The first kappa shape index (κ1) is 10.5. The SMILES string of the molecule is O=C1NCCNC12CCC1(CCCO1)CC2. The van der Waals surface area contributed by atoms with E-state index in [4.69, 9.17) is 4.74 Å². The Labute approximate surface area is 96.1 Å². The minimum atomic E-state index is -0.282. The van der Waals surface area contributed by atoms with Gasteiger partial charge >= 0.3 is 0 Å². The van der Waals surface area contributed by atoms with Gasteiger partial charge in [-0.15, -0.1) is 0 Å². The van der Waals surface area contributed by atoms with E-state index in [0.29, 0.717) is 0 Å².